The number of imide groups is 1. The average molecular weight is 435 g/mol. The van der Waals surface area contributed by atoms with Gasteiger partial charge < -0.3 is 15.5 Å². The number of piperidine rings is 2. The summed E-state index contributed by atoms with van der Waals surface area (Å²) in [5.74, 6) is 0.194. The summed E-state index contributed by atoms with van der Waals surface area (Å²) < 4.78 is 0. The molecular formula is C23H26N6O3. The second kappa shape index (κ2) is 8.66. The van der Waals surface area contributed by atoms with Crippen LogP contribution in [-0.4, -0.2) is 51.7 Å². The van der Waals surface area contributed by atoms with E-state index in [0.29, 0.717) is 36.9 Å². The fourth-order valence-corrected chi connectivity index (χ4v) is 4.70. The van der Waals surface area contributed by atoms with Gasteiger partial charge in [0.1, 0.15) is 6.04 Å². The van der Waals surface area contributed by atoms with Crippen LogP contribution in [0, 0.1) is 0 Å². The van der Waals surface area contributed by atoms with Crippen molar-refractivity contribution in [1.82, 2.24) is 25.5 Å². The van der Waals surface area contributed by atoms with Gasteiger partial charge in [-0.15, -0.1) is 0 Å². The number of carbonyl (C=O) groups excluding carboxylic acids is 3. The van der Waals surface area contributed by atoms with Crippen LogP contribution in [0.2, 0.25) is 0 Å². The van der Waals surface area contributed by atoms with Crippen molar-refractivity contribution in [2.24, 2.45) is 0 Å². The van der Waals surface area contributed by atoms with Crippen LogP contribution in [0.1, 0.15) is 58.8 Å². The molecule has 4 heterocycles. The highest BCUT2D eigenvalue weighted by Crippen LogP contribution is 2.28. The van der Waals surface area contributed by atoms with E-state index in [1.165, 1.54) is 0 Å². The first kappa shape index (κ1) is 20.6. The number of amides is 3. The zero-order chi connectivity index (χ0) is 22.1. The minimum Gasteiger partial charge on any atom is -0.350 e. The van der Waals surface area contributed by atoms with E-state index >= 15 is 0 Å². The molecule has 2 saturated heterocycles. The van der Waals surface area contributed by atoms with E-state index in [4.69, 9.17) is 0 Å². The van der Waals surface area contributed by atoms with Gasteiger partial charge in [0.15, 0.2) is 0 Å². The van der Waals surface area contributed by atoms with Gasteiger partial charge in [0.05, 0.1) is 0 Å². The van der Waals surface area contributed by atoms with Gasteiger partial charge in [0.25, 0.3) is 5.91 Å². The van der Waals surface area contributed by atoms with Crippen LogP contribution in [0.3, 0.4) is 0 Å². The average Bonchev–Trinajstić information content (AvgIpc) is 3.14. The van der Waals surface area contributed by atoms with E-state index in [9.17, 15) is 14.4 Å². The first-order chi connectivity index (χ1) is 15.6. The van der Waals surface area contributed by atoms with Crippen LogP contribution >= 0.6 is 0 Å². The van der Waals surface area contributed by atoms with E-state index in [1.54, 1.807) is 11.1 Å². The third-order valence-electron chi connectivity index (χ3n) is 6.48. The number of hydrogen-bond donors (Lipinski definition) is 3. The SMILES string of the molecule is O=C1CCC(N2Cc3ccc(CNc4nccc(C5CCNCC5)n4)cc3C2=O)C(=O)N1. The van der Waals surface area contributed by atoms with Gasteiger partial charge in [-0.3, -0.25) is 19.7 Å². The Hall–Kier alpha value is -3.33. The summed E-state index contributed by atoms with van der Waals surface area (Å²) in [5.41, 5.74) is 3.51. The third-order valence-corrected chi connectivity index (χ3v) is 6.48. The maximum atomic E-state index is 13.0. The summed E-state index contributed by atoms with van der Waals surface area (Å²) in [6.45, 7) is 2.90. The fourth-order valence-electron chi connectivity index (χ4n) is 4.70. The molecule has 3 N–H and O–H groups in total. The quantitative estimate of drug-likeness (QED) is 0.608. The van der Waals surface area contributed by atoms with Crippen LogP contribution in [-0.2, 0) is 22.7 Å². The van der Waals surface area contributed by atoms with E-state index in [0.717, 1.165) is 42.8 Å². The molecule has 1 aromatic heterocycles. The lowest BCUT2D eigenvalue weighted by Gasteiger charge is -2.29. The van der Waals surface area contributed by atoms with Crippen molar-refractivity contribution < 1.29 is 14.4 Å². The van der Waals surface area contributed by atoms with E-state index in [1.807, 2.05) is 24.3 Å². The molecule has 1 aromatic carbocycles. The second-order valence-corrected chi connectivity index (χ2v) is 8.57. The summed E-state index contributed by atoms with van der Waals surface area (Å²) >= 11 is 0. The number of aromatic nitrogens is 2. The normalized spacial score (nSPS) is 21.4. The van der Waals surface area contributed by atoms with Gasteiger partial charge in [-0.05, 0) is 55.6 Å². The van der Waals surface area contributed by atoms with Crippen molar-refractivity contribution in [1.29, 1.82) is 0 Å². The fraction of sp³-hybridized carbons (Fsp3) is 0.435. The molecule has 9 nitrogen and oxygen atoms in total. The van der Waals surface area contributed by atoms with Gasteiger partial charge >= 0.3 is 0 Å². The Labute approximate surface area is 186 Å². The van der Waals surface area contributed by atoms with Crippen molar-refractivity contribution >= 4 is 23.7 Å². The minimum absolute atomic E-state index is 0.166. The molecule has 0 aliphatic carbocycles. The molecule has 2 fully saturated rings. The molecule has 0 bridgehead atoms. The van der Waals surface area contributed by atoms with Crippen LogP contribution in [0.4, 0.5) is 5.95 Å². The predicted molar refractivity (Wildman–Crippen MR) is 117 cm³/mol. The van der Waals surface area contributed by atoms with Crippen LogP contribution < -0.4 is 16.0 Å². The smallest absolute Gasteiger partial charge is 0.255 e. The topological polar surface area (TPSA) is 116 Å². The van der Waals surface area contributed by atoms with Crippen molar-refractivity contribution in [2.45, 2.75) is 50.7 Å². The minimum atomic E-state index is -0.597. The summed E-state index contributed by atoms with van der Waals surface area (Å²) in [6, 6.07) is 7.17. The molecule has 3 aliphatic rings. The molecule has 5 rings (SSSR count). The molecule has 0 radical (unpaired) electrons. The third kappa shape index (κ3) is 4.08. The molecule has 1 unspecified atom stereocenters. The number of nitrogens with one attached hydrogen (secondary N) is 3. The second-order valence-electron chi connectivity index (χ2n) is 8.57. The van der Waals surface area contributed by atoms with Crippen LogP contribution in [0.5, 0.6) is 0 Å². The van der Waals surface area contributed by atoms with Crippen molar-refractivity contribution in [3.8, 4) is 0 Å². The monoisotopic (exact) mass is 434 g/mol. The summed E-state index contributed by atoms with van der Waals surface area (Å²) in [7, 11) is 0. The number of carbonyl (C=O) groups is 3. The van der Waals surface area contributed by atoms with Crippen LogP contribution in [0.15, 0.2) is 30.5 Å². The van der Waals surface area contributed by atoms with Crippen LogP contribution in [0.25, 0.3) is 0 Å². The summed E-state index contributed by atoms with van der Waals surface area (Å²) in [4.78, 5) is 47.2. The van der Waals surface area contributed by atoms with E-state index in [-0.39, 0.29) is 18.2 Å². The molecule has 1 atom stereocenters. The number of anilines is 1. The number of rotatable bonds is 5. The number of benzene rings is 1. The van der Waals surface area contributed by atoms with Gasteiger partial charge in [-0.1, -0.05) is 12.1 Å². The Bertz CT molecular complexity index is 1070. The lowest BCUT2D eigenvalue weighted by molar-refractivity contribution is -0.136. The Morgan fingerprint density at radius 1 is 1.09 bits per heavy atom. The highest BCUT2D eigenvalue weighted by molar-refractivity contribution is 6.05. The first-order valence-electron chi connectivity index (χ1n) is 11.1. The molecule has 0 saturated carbocycles. The predicted octanol–water partition coefficient (Wildman–Crippen LogP) is 1.32. The highest BCUT2D eigenvalue weighted by Gasteiger charge is 2.39. The van der Waals surface area contributed by atoms with E-state index < -0.39 is 11.9 Å². The highest BCUT2D eigenvalue weighted by atomic mass is 16.2. The lowest BCUT2D eigenvalue weighted by atomic mass is 9.94. The summed E-state index contributed by atoms with van der Waals surface area (Å²) in [6.07, 6.45) is 4.56. The Balaban J connectivity index is 1.25. The molecule has 166 valence electrons. The lowest BCUT2D eigenvalue weighted by Crippen LogP contribution is -2.52. The Morgan fingerprint density at radius 2 is 1.94 bits per heavy atom. The van der Waals surface area contributed by atoms with Crippen molar-refractivity contribution in [3.63, 3.8) is 0 Å². The van der Waals surface area contributed by atoms with Crippen molar-refractivity contribution in [2.75, 3.05) is 18.4 Å². The zero-order valence-corrected chi connectivity index (χ0v) is 17.8. The molecule has 0 spiro atoms. The molecule has 2 aromatic rings. The molecule has 9 heteroatoms. The maximum absolute atomic E-state index is 13.0. The number of fused-ring (bicyclic) bond motifs is 1. The maximum Gasteiger partial charge on any atom is 0.255 e. The van der Waals surface area contributed by atoms with Gasteiger partial charge in [0, 0.05) is 42.9 Å². The number of nitrogens with zero attached hydrogens (tertiary/aromatic N) is 3. The molecular weight excluding hydrogens is 408 g/mol. The van der Waals surface area contributed by atoms with Crippen molar-refractivity contribution in [3.05, 3.63) is 52.8 Å². The molecule has 3 aliphatic heterocycles. The summed E-state index contributed by atoms with van der Waals surface area (Å²) in [5, 5.41) is 8.97. The standard InChI is InChI=1S/C23H26N6O3/c30-20-4-3-19(21(31)28-20)29-13-16-2-1-14(11-17(16)22(29)32)12-26-23-25-10-7-18(27-23)15-5-8-24-9-6-15/h1-2,7,10-11,15,19,24H,3-6,8-9,12-13H2,(H,25,26,27)(H,28,30,31). The zero-order valence-electron chi connectivity index (χ0n) is 17.8. The van der Waals surface area contributed by atoms with Gasteiger partial charge in [-0.25, -0.2) is 9.97 Å². The van der Waals surface area contributed by atoms with E-state index in [2.05, 4.69) is 25.9 Å². The molecule has 32 heavy (non-hydrogen) atoms. The Kier molecular flexibility index (Phi) is 5.57. The first-order valence-corrected chi connectivity index (χ1v) is 11.1. The largest absolute Gasteiger partial charge is 0.350 e. The number of hydrogen-bond acceptors (Lipinski definition) is 7. The van der Waals surface area contributed by atoms with Gasteiger partial charge in [0.2, 0.25) is 17.8 Å². The molecule has 3 amide bonds. The van der Waals surface area contributed by atoms with Gasteiger partial charge in [-0.2, -0.15) is 0 Å². The Morgan fingerprint density at radius 3 is 2.75 bits per heavy atom.